The number of hydrogen-bond donors (Lipinski definition) is 2. The van der Waals surface area contributed by atoms with Crippen LogP contribution in [0.5, 0.6) is 5.75 Å². The van der Waals surface area contributed by atoms with E-state index in [4.69, 9.17) is 4.74 Å². The molecule has 0 bridgehead atoms. The Labute approximate surface area is 122 Å². The first-order valence-electron chi connectivity index (χ1n) is 6.21. The van der Waals surface area contributed by atoms with Gasteiger partial charge in [0.05, 0.1) is 19.0 Å². The molecule has 2 rings (SSSR count). The van der Waals surface area contributed by atoms with E-state index in [0.717, 1.165) is 0 Å². The van der Waals surface area contributed by atoms with Gasteiger partial charge in [-0.05, 0) is 32.0 Å². The first kappa shape index (κ1) is 15.5. The van der Waals surface area contributed by atoms with Gasteiger partial charge < -0.3 is 4.74 Å². The molecule has 0 saturated heterocycles. The molecule has 2 aromatic rings. The lowest BCUT2D eigenvalue weighted by atomic mass is 10.1. The second kappa shape index (κ2) is 5.82. The largest absolute Gasteiger partial charge is 0.496 e. The van der Waals surface area contributed by atoms with Gasteiger partial charge in [0.15, 0.2) is 0 Å². The highest BCUT2D eigenvalue weighted by atomic mass is 32.2. The SMILES string of the molecule is COc1ccc(F)cc1C(C)NS(=O)(=O)c1cn[nH]c1C. The van der Waals surface area contributed by atoms with E-state index < -0.39 is 21.9 Å². The summed E-state index contributed by atoms with van der Waals surface area (Å²) in [6.07, 6.45) is 1.23. The third-order valence-electron chi connectivity index (χ3n) is 3.06. The zero-order valence-corrected chi connectivity index (χ0v) is 12.7. The van der Waals surface area contributed by atoms with Crippen molar-refractivity contribution in [1.29, 1.82) is 0 Å². The fourth-order valence-corrected chi connectivity index (χ4v) is 3.37. The van der Waals surface area contributed by atoms with Crippen LogP contribution in [0.15, 0.2) is 29.3 Å². The average Bonchev–Trinajstić information content (AvgIpc) is 2.85. The average molecular weight is 313 g/mol. The quantitative estimate of drug-likeness (QED) is 0.883. The van der Waals surface area contributed by atoms with Crippen molar-refractivity contribution in [2.75, 3.05) is 7.11 Å². The fourth-order valence-electron chi connectivity index (χ4n) is 2.01. The molecule has 1 atom stereocenters. The van der Waals surface area contributed by atoms with Crippen LogP contribution in [0.4, 0.5) is 4.39 Å². The summed E-state index contributed by atoms with van der Waals surface area (Å²) in [4.78, 5) is 0.0599. The predicted molar refractivity (Wildman–Crippen MR) is 75.0 cm³/mol. The highest BCUT2D eigenvalue weighted by molar-refractivity contribution is 7.89. The summed E-state index contributed by atoms with van der Waals surface area (Å²) in [6.45, 7) is 3.22. The van der Waals surface area contributed by atoms with Crippen molar-refractivity contribution >= 4 is 10.0 Å². The molecule has 0 spiro atoms. The lowest BCUT2D eigenvalue weighted by Crippen LogP contribution is -2.27. The predicted octanol–water partition coefficient (Wildman–Crippen LogP) is 1.91. The van der Waals surface area contributed by atoms with Gasteiger partial charge in [-0.2, -0.15) is 5.10 Å². The van der Waals surface area contributed by atoms with Gasteiger partial charge in [0.25, 0.3) is 0 Å². The minimum absolute atomic E-state index is 0.0599. The van der Waals surface area contributed by atoms with E-state index in [0.29, 0.717) is 17.0 Å². The molecule has 1 aromatic carbocycles. The van der Waals surface area contributed by atoms with Crippen molar-refractivity contribution in [3.63, 3.8) is 0 Å². The topological polar surface area (TPSA) is 84.1 Å². The van der Waals surface area contributed by atoms with Crippen molar-refractivity contribution in [1.82, 2.24) is 14.9 Å². The van der Waals surface area contributed by atoms with Gasteiger partial charge in [0, 0.05) is 11.6 Å². The van der Waals surface area contributed by atoms with Crippen LogP contribution >= 0.6 is 0 Å². The van der Waals surface area contributed by atoms with E-state index in [-0.39, 0.29) is 4.90 Å². The van der Waals surface area contributed by atoms with Crippen LogP contribution in [-0.2, 0) is 10.0 Å². The summed E-state index contributed by atoms with van der Waals surface area (Å²) in [6, 6.07) is 3.30. The van der Waals surface area contributed by atoms with Crippen LogP contribution in [0.2, 0.25) is 0 Å². The first-order chi connectivity index (χ1) is 9.85. The zero-order chi connectivity index (χ0) is 15.6. The maximum atomic E-state index is 13.4. The molecule has 0 fully saturated rings. The third kappa shape index (κ3) is 3.22. The summed E-state index contributed by atoms with van der Waals surface area (Å²) >= 11 is 0. The molecular weight excluding hydrogens is 297 g/mol. The van der Waals surface area contributed by atoms with Crippen LogP contribution in [0, 0.1) is 12.7 Å². The molecule has 1 aromatic heterocycles. The van der Waals surface area contributed by atoms with Crippen LogP contribution in [0.3, 0.4) is 0 Å². The molecule has 21 heavy (non-hydrogen) atoms. The highest BCUT2D eigenvalue weighted by Gasteiger charge is 2.23. The number of aromatic nitrogens is 2. The van der Waals surface area contributed by atoms with E-state index in [1.807, 2.05) is 0 Å². The van der Waals surface area contributed by atoms with E-state index >= 15 is 0 Å². The number of methoxy groups -OCH3 is 1. The van der Waals surface area contributed by atoms with Crippen LogP contribution in [0.1, 0.15) is 24.2 Å². The molecule has 0 saturated carbocycles. The second-order valence-corrected chi connectivity index (χ2v) is 6.27. The van der Waals surface area contributed by atoms with E-state index in [1.54, 1.807) is 13.8 Å². The lowest BCUT2D eigenvalue weighted by molar-refractivity contribution is 0.403. The molecule has 0 aliphatic rings. The molecule has 0 aliphatic carbocycles. The Morgan fingerprint density at radius 2 is 2.14 bits per heavy atom. The van der Waals surface area contributed by atoms with Crippen LogP contribution < -0.4 is 9.46 Å². The number of nitrogens with zero attached hydrogens (tertiary/aromatic N) is 1. The molecule has 0 amide bonds. The van der Waals surface area contributed by atoms with Gasteiger partial charge >= 0.3 is 0 Å². The minimum atomic E-state index is -3.75. The molecular formula is C13H16FN3O3S. The van der Waals surface area contributed by atoms with Gasteiger partial charge in [-0.15, -0.1) is 0 Å². The standard InChI is InChI=1S/C13H16FN3O3S/c1-8(11-6-10(14)4-5-12(11)20-3)17-21(18,19)13-7-15-16-9(13)2/h4-8,17H,1-3H3,(H,15,16). The Balaban J connectivity index is 2.32. The summed E-state index contributed by atoms with van der Waals surface area (Å²) < 4.78 is 45.5. The number of hydrogen-bond acceptors (Lipinski definition) is 4. The van der Waals surface area contributed by atoms with Crippen molar-refractivity contribution in [3.05, 3.63) is 41.5 Å². The van der Waals surface area contributed by atoms with E-state index in [1.165, 1.54) is 31.5 Å². The third-order valence-corrected chi connectivity index (χ3v) is 4.72. The summed E-state index contributed by atoms with van der Waals surface area (Å²) in [5, 5.41) is 6.25. The zero-order valence-electron chi connectivity index (χ0n) is 11.8. The maximum Gasteiger partial charge on any atom is 0.244 e. The number of H-pyrrole nitrogens is 1. The van der Waals surface area contributed by atoms with Gasteiger partial charge in [-0.25, -0.2) is 17.5 Å². The molecule has 0 radical (unpaired) electrons. The van der Waals surface area contributed by atoms with Crippen molar-refractivity contribution < 1.29 is 17.5 Å². The monoisotopic (exact) mass is 313 g/mol. The number of halogens is 1. The number of ether oxygens (including phenoxy) is 1. The Morgan fingerprint density at radius 3 is 2.71 bits per heavy atom. The maximum absolute atomic E-state index is 13.4. The molecule has 6 nitrogen and oxygen atoms in total. The Bertz CT molecular complexity index is 743. The van der Waals surface area contributed by atoms with E-state index in [2.05, 4.69) is 14.9 Å². The van der Waals surface area contributed by atoms with E-state index in [9.17, 15) is 12.8 Å². The van der Waals surface area contributed by atoms with Crippen LogP contribution in [-0.4, -0.2) is 25.7 Å². The number of rotatable bonds is 5. The molecule has 2 N–H and O–H groups in total. The van der Waals surface area contributed by atoms with Crippen molar-refractivity contribution in [2.45, 2.75) is 24.8 Å². The molecule has 8 heteroatoms. The Morgan fingerprint density at radius 1 is 1.43 bits per heavy atom. The van der Waals surface area contributed by atoms with Gasteiger partial charge in [0.1, 0.15) is 16.5 Å². The summed E-state index contributed by atoms with van der Waals surface area (Å²) in [5.74, 6) is -0.0492. The normalized spacial score (nSPS) is 13.1. The smallest absolute Gasteiger partial charge is 0.244 e. The van der Waals surface area contributed by atoms with Crippen LogP contribution in [0.25, 0.3) is 0 Å². The number of aromatic amines is 1. The highest BCUT2D eigenvalue weighted by Crippen LogP contribution is 2.27. The van der Waals surface area contributed by atoms with Gasteiger partial charge in [-0.1, -0.05) is 0 Å². The first-order valence-corrected chi connectivity index (χ1v) is 7.69. The molecule has 1 unspecified atom stereocenters. The lowest BCUT2D eigenvalue weighted by Gasteiger charge is -2.17. The molecule has 114 valence electrons. The Kier molecular flexibility index (Phi) is 4.29. The number of sulfonamides is 1. The number of nitrogens with one attached hydrogen (secondary N) is 2. The van der Waals surface area contributed by atoms with Crippen molar-refractivity contribution in [2.24, 2.45) is 0 Å². The number of benzene rings is 1. The second-order valence-electron chi connectivity index (χ2n) is 4.59. The number of aryl methyl sites for hydroxylation is 1. The molecule has 1 heterocycles. The van der Waals surface area contributed by atoms with Crippen molar-refractivity contribution in [3.8, 4) is 5.75 Å². The van der Waals surface area contributed by atoms with Gasteiger partial charge in [0.2, 0.25) is 10.0 Å². The molecule has 0 aliphatic heterocycles. The van der Waals surface area contributed by atoms with Gasteiger partial charge in [-0.3, -0.25) is 5.10 Å². The Hall–Kier alpha value is -1.93. The summed E-state index contributed by atoms with van der Waals surface area (Å²) in [5.41, 5.74) is 0.850. The minimum Gasteiger partial charge on any atom is -0.496 e. The summed E-state index contributed by atoms with van der Waals surface area (Å²) in [7, 11) is -2.31. The fraction of sp³-hybridized carbons (Fsp3) is 0.308.